The van der Waals surface area contributed by atoms with Gasteiger partial charge < -0.3 is 14.9 Å². The molecule has 0 unspecified atom stereocenters. The summed E-state index contributed by atoms with van der Waals surface area (Å²) in [5, 5.41) is 9.43. The number of amides is 1. The smallest absolute Gasteiger partial charge is 0.310 e. The minimum Gasteiger partial charge on any atom is -0.481 e. The Labute approximate surface area is 128 Å². The number of hydrogen-bond acceptors (Lipinski definition) is 3. The number of carboxylic acid groups (broad SMARTS) is 1. The lowest BCUT2D eigenvalue weighted by Crippen LogP contribution is -2.41. The summed E-state index contributed by atoms with van der Waals surface area (Å²) in [6, 6.07) is 0. The summed E-state index contributed by atoms with van der Waals surface area (Å²) in [6.07, 6.45) is 3.32. The highest BCUT2D eigenvalue weighted by molar-refractivity contribution is 5.84. The molecule has 1 amide bonds. The van der Waals surface area contributed by atoms with Crippen molar-refractivity contribution in [2.24, 2.45) is 11.3 Å². The second-order valence-electron chi connectivity index (χ2n) is 6.49. The average Bonchev–Trinajstić information content (AvgIpc) is 2.46. The molecule has 122 valence electrons. The normalized spacial score (nSPS) is 17.7. The van der Waals surface area contributed by atoms with E-state index in [9.17, 15) is 14.7 Å². The molecule has 0 aromatic rings. The van der Waals surface area contributed by atoms with E-state index in [2.05, 4.69) is 11.9 Å². The topological polar surface area (TPSA) is 60.9 Å². The van der Waals surface area contributed by atoms with Crippen molar-refractivity contribution in [2.75, 3.05) is 33.7 Å². The van der Waals surface area contributed by atoms with Crippen molar-refractivity contribution < 1.29 is 14.7 Å². The standard InChI is InChI=1S/C16H30N2O3/c1-5-16(6-2,15(20)21)11-14(19)18(4)12-13-7-9-17(3)10-8-13/h13H,5-12H2,1-4H3,(H,20,21). The third-order valence-corrected chi connectivity index (χ3v) is 5.09. The number of carbonyl (C=O) groups is 2. The predicted molar refractivity (Wildman–Crippen MR) is 83.1 cm³/mol. The largest absolute Gasteiger partial charge is 0.481 e. The summed E-state index contributed by atoms with van der Waals surface area (Å²) in [4.78, 5) is 27.9. The van der Waals surface area contributed by atoms with E-state index in [0.29, 0.717) is 18.8 Å². The quantitative estimate of drug-likeness (QED) is 0.781. The van der Waals surface area contributed by atoms with Crippen molar-refractivity contribution in [1.82, 2.24) is 9.80 Å². The maximum Gasteiger partial charge on any atom is 0.310 e. The van der Waals surface area contributed by atoms with Crippen LogP contribution in [0.15, 0.2) is 0 Å². The third kappa shape index (κ3) is 4.70. The van der Waals surface area contributed by atoms with E-state index >= 15 is 0 Å². The molecular formula is C16H30N2O3. The zero-order chi connectivity index (χ0) is 16.0. The van der Waals surface area contributed by atoms with E-state index in [4.69, 9.17) is 0 Å². The van der Waals surface area contributed by atoms with Crippen molar-refractivity contribution >= 4 is 11.9 Å². The van der Waals surface area contributed by atoms with E-state index < -0.39 is 11.4 Å². The number of aliphatic carboxylic acids is 1. The molecule has 5 heteroatoms. The maximum absolute atomic E-state index is 12.4. The fourth-order valence-electron chi connectivity index (χ4n) is 3.04. The lowest BCUT2D eigenvalue weighted by molar-refractivity contribution is -0.154. The van der Waals surface area contributed by atoms with Gasteiger partial charge in [0.05, 0.1) is 5.41 Å². The molecule has 1 aliphatic heterocycles. The van der Waals surface area contributed by atoms with Gasteiger partial charge in [-0.1, -0.05) is 13.8 Å². The minimum atomic E-state index is -0.905. The first kappa shape index (κ1) is 18.0. The van der Waals surface area contributed by atoms with Crippen molar-refractivity contribution in [3.05, 3.63) is 0 Å². The Morgan fingerprint density at radius 2 is 1.76 bits per heavy atom. The molecule has 0 aromatic carbocycles. The van der Waals surface area contributed by atoms with Crippen LogP contribution in [0.5, 0.6) is 0 Å². The molecule has 1 aliphatic rings. The fourth-order valence-corrected chi connectivity index (χ4v) is 3.04. The summed E-state index contributed by atoms with van der Waals surface area (Å²) in [6.45, 7) is 6.60. The average molecular weight is 298 g/mol. The van der Waals surface area contributed by atoms with E-state index in [1.54, 1.807) is 11.9 Å². The number of hydrogen-bond donors (Lipinski definition) is 1. The van der Waals surface area contributed by atoms with E-state index in [1.165, 1.54) is 0 Å². The fraction of sp³-hybridized carbons (Fsp3) is 0.875. The number of likely N-dealkylation sites (tertiary alicyclic amines) is 1. The van der Waals surface area contributed by atoms with Gasteiger partial charge in [-0.2, -0.15) is 0 Å². The highest BCUT2D eigenvalue weighted by Crippen LogP contribution is 2.32. The van der Waals surface area contributed by atoms with Crippen LogP contribution in [0.2, 0.25) is 0 Å². The van der Waals surface area contributed by atoms with Crippen LogP contribution in [0.1, 0.15) is 46.0 Å². The maximum atomic E-state index is 12.4. The van der Waals surface area contributed by atoms with Gasteiger partial charge in [-0.15, -0.1) is 0 Å². The van der Waals surface area contributed by atoms with E-state index in [0.717, 1.165) is 32.5 Å². The van der Waals surface area contributed by atoms with Gasteiger partial charge in [0.1, 0.15) is 0 Å². The molecule has 0 aliphatic carbocycles. The van der Waals surface area contributed by atoms with Crippen LogP contribution in [0.25, 0.3) is 0 Å². The van der Waals surface area contributed by atoms with Crippen molar-refractivity contribution in [3.63, 3.8) is 0 Å². The van der Waals surface area contributed by atoms with Gasteiger partial charge in [-0.25, -0.2) is 0 Å². The number of nitrogens with zero attached hydrogens (tertiary/aromatic N) is 2. The van der Waals surface area contributed by atoms with Gasteiger partial charge in [0.2, 0.25) is 5.91 Å². The lowest BCUT2D eigenvalue weighted by Gasteiger charge is -2.33. The van der Waals surface area contributed by atoms with Crippen LogP contribution in [0, 0.1) is 11.3 Å². The molecule has 21 heavy (non-hydrogen) atoms. The highest BCUT2D eigenvalue weighted by atomic mass is 16.4. The van der Waals surface area contributed by atoms with Crippen molar-refractivity contribution in [2.45, 2.75) is 46.0 Å². The molecule has 5 nitrogen and oxygen atoms in total. The second-order valence-corrected chi connectivity index (χ2v) is 6.49. The van der Waals surface area contributed by atoms with Gasteiger partial charge in [0, 0.05) is 20.0 Å². The molecule has 0 radical (unpaired) electrons. The van der Waals surface area contributed by atoms with E-state index in [-0.39, 0.29) is 12.3 Å². The number of carboxylic acids is 1. The summed E-state index contributed by atoms with van der Waals surface area (Å²) in [5.74, 6) is -0.355. The van der Waals surface area contributed by atoms with Crippen molar-refractivity contribution in [1.29, 1.82) is 0 Å². The van der Waals surface area contributed by atoms with Crippen LogP contribution >= 0.6 is 0 Å². The summed E-state index contributed by atoms with van der Waals surface area (Å²) in [7, 11) is 3.92. The number of piperidine rings is 1. The molecule has 1 rings (SSSR count). The molecular weight excluding hydrogens is 268 g/mol. The Morgan fingerprint density at radius 3 is 2.19 bits per heavy atom. The Morgan fingerprint density at radius 1 is 1.24 bits per heavy atom. The molecule has 1 fully saturated rings. The summed E-state index contributed by atoms with van der Waals surface area (Å²) >= 11 is 0. The molecule has 0 spiro atoms. The molecule has 0 aromatic heterocycles. The van der Waals surface area contributed by atoms with Crippen molar-refractivity contribution in [3.8, 4) is 0 Å². The Bertz CT molecular complexity index is 359. The van der Waals surface area contributed by atoms with Crippen LogP contribution in [-0.2, 0) is 9.59 Å². The summed E-state index contributed by atoms with van der Waals surface area (Å²) in [5.41, 5.74) is -0.905. The Hall–Kier alpha value is -1.10. The second kappa shape index (κ2) is 7.78. The van der Waals surface area contributed by atoms with Gasteiger partial charge in [0.25, 0.3) is 0 Å². The molecule has 0 saturated carbocycles. The molecule has 0 atom stereocenters. The minimum absolute atomic E-state index is 0.0416. The zero-order valence-corrected chi connectivity index (χ0v) is 13.9. The first-order valence-corrected chi connectivity index (χ1v) is 8.00. The third-order valence-electron chi connectivity index (χ3n) is 5.09. The van der Waals surface area contributed by atoms with Crippen LogP contribution < -0.4 is 0 Å². The molecule has 1 N–H and O–H groups in total. The highest BCUT2D eigenvalue weighted by Gasteiger charge is 2.38. The predicted octanol–water partition coefficient (Wildman–Crippen LogP) is 2.07. The molecule has 1 saturated heterocycles. The SMILES string of the molecule is CCC(CC)(CC(=O)N(C)CC1CCN(C)CC1)C(=O)O. The van der Waals surface area contributed by atoms with Crippen LogP contribution in [0.3, 0.4) is 0 Å². The van der Waals surface area contributed by atoms with E-state index in [1.807, 2.05) is 13.8 Å². The van der Waals surface area contributed by atoms with Gasteiger partial charge in [-0.05, 0) is 51.7 Å². The number of carbonyl (C=O) groups excluding carboxylic acids is 1. The Kier molecular flexibility index (Phi) is 6.65. The van der Waals surface area contributed by atoms with Gasteiger partial charge >= 0.3 is 5.97 Å². The molecule has 1 heterocycles. The molecule has 0 bridgehead atoms. The monoisotopic (exact) mass is 298 g/mol. The summed E-state index contributed by atoms with van der Waals surface area (Å²) < 4.78 is 0. The first-order valence-electron chi connectivity index (χ1n) is 8.00. The van der Waals surface area contributed by atoms with Gasteiger partial charge in [0.15, 0.2) is 0 Å². The van der Waals surface area contributed by atoms with Crippen LogP contribution in [0.4, 0.5) is 0 Å². The van der Waals surface area contributed by atoms with Crippen LogP contribution in [-0.4, -0.2) is 60.5 Å². The lowest BCUT2D eigenvalue weighted by atomic mass is 9.79. The Balaban J connectivity index is 2.55. The number of rotatable bonds is 7. The van der Waals surface area contributed by atoms with Gasteiger partial charge in [-0.3, -0.25) is 9.59 Å². The first-order chi connectivity index (χ1) is 9.84. The zero-order valence-electron chi connectivity index (χ0n) is 13.9.